The van der Waals surface area contributed by atoms with E-state index in [4.69, 9.17) is 0 Å². The quantitative estimate of drug-likeness (QED) is 0.813. The molecule has 5 rings (SSSR count). The van der Waals surface area contributed by atoms with Crippen LogP contribution in [0.2, 0.25) is 0 Å². The second kappa shape index (κ2) is 5.08. The summed E-state index contributed by atoms with van der Waals surface area (Å²) in [5, 5.41) is 0. The molecule has 1 aliphatic carbocycles. The van der Waals surface area contributed by atoms with Crippen LogP contribution in [-0.2, 0) is 0 Å². The summed E-state index contributed by atoms with van der Waals surface area (Å²) in [6.07, 6.45) is 5.76. The lowest BCUT2D eigenvalue weighted by Gasteiger charge is -2.31. The molecule has 1 unspecified atom stereocenters. The molecule has 1 saturated carbocycles. The zero-order valence-corrected chi connectivity index (χ0v) is 13.1. The van der Waals surface area contributed by atoms with E-state index in [0.29, 0.717) is 5.92 Å². The zero-order chi connectivity index (χ0) is 14.4. The highest BCUT2D eigenvalue weighted by atomic mass is 15.2. The average molecular weight is 282 g/mol. The van der Waals surface area contributed by atoms with E-state index >= 15 is 0 Å². The molecule has 21 heavy (non-hydrogen) atoms. The van der Waals surface area contributed by atoms with Gasteiger partial charge in [0.2, 0.25) is 0 Å². The molecule has 3 fully saturated rings. The molecule has 0 N–H and O–H groups in total. The Morgan fingerprint density at radius 2 is 1.62 bits per heavy atom. The van der Waals surface area contributed by atoms with Crippen LogP contribution in [0.5, 0.6) is 0 Å². The van der Waals surface area contributed by atoms with E-state index in [0.717, 1.165) is 18.4 Å². The molecule has 0 spiro atoms. The third-order valence-corrected chi connectivity index (χ3v) is 5.91. The number of anilines is 1. The Labute approximate surface area is 128 Å². The van der Waals surface area contributed by atoms with Gasteiger partial charge in [-0.15, -0.1) is 0 Å². The van der Waals surface area contributed by atoms with Crippen LogP contribution in [-0.4, -0.2) is 31.6 Å². The lowest BCUT2D eigenvalue weighted by atomic mass is 9.84. The Morgan fingerprint density at radius 1 is 1.00 bits per heavy atom. The molecule has 0 aromatic heterocycles. The maximum atomic E-state index is 4.53. The van der Waals surface area contributed by atoms with Crippen LogP contribution in [0, 0.1) is 11.8 Å². The summed E-state index contributed by atoms with van der Waals surface area (Å²) >= 11 is 0. The van der Waals surface area contributed by atoms with Gasteiger partial charge in [0, 0.05) is 44.0 Å². The molecule has 3 heterocycles. The van der Waals surface area contributed by atoms with Crippen molar-refractivity contribution in [1.82, 2.24) is 4.90 Å². The van der Waals surface area contributed by atoms with E-state index in [9.17, 15) is 0 Å². The number of benzene rings is 1. The molecule has 0 radical (unpaired) electrons. The monoisotopic (exact) mass is 282 g/mol. The highest BCUT2D eigenvalue weighted by Gasteiger charge is 2.35. The normalized spacial score (nSPS) is 31.2. The van der Waals surface area contributed by atoms with Gasteiger partial charge < -0.3 is 9.80 Å². The molecule has 1 aromatic carbocycles. The summed E-state index contributed by atoms with van der Waals surface area (Å²) in [6, 6.07) is 8.85. The largest absolute Gasteiger partial charge is 0.374 e. The molecular weight excluding hydrogens is 256 g/mol. The Kier molecular flexibility index (Phi) is 3.20. The summed E-state index contributed by atoms with van der Waals surface area (Å²) in [4.78, 5) is 5.02. The smallest absolute Gasteiger partial charge is 0.0429 e. The molecule has 112 valence electrons. The van der Waals surface area contributed by atoms with Crippen molar-refractivity contribution >= 4 is 5.69 Å². The molecule has 1 atom stereocenters. The van der Waals surface area contributed by atoms with Crippen LogP contribution >= 0.6 is 0 Å². The number of hydrogen-bond donors (Lipinski definition) is 0. The Hall–Kier alpha value is -1.44. The summed E-state index contributed by atoms with van der Waals surface area (Å²) in [5.74, 6) is 2.31. The zero-order valence-electron chi connectivity index (χ0n) is 13.1. The minimum atomic E-state index is 0.490. The van der Waals surface area contributed by atoms with Crippen molar-refractivity contribution in [2.45, 2.75) is 31.6 Å². The van der Waals surface area contributed by atoms with Crippen molar-refractivity contribution < 1.29 is 0 Å². The van der Waals surface area contributed by atoms with Gasteiger partial charge in [0.05, 0.1) is 0 Å². The van der Waals surface area contributed by atoms with Crippen molar-refractivity contribution in [2.75, 3.05) is 31.6 Å². The molecule has 0 amide bonds. The number of fused-ring (bicyclic) bond motifs is 5. The van der Waals surface area contributed by atoms with Crippen molar-refractivity contribution in [3.63, 3.8) is 0 Å². The van der Waals surface area contributed by atoms with E-state index < -0.39 is 0 Å². The topological polar surface area (TPSA) is 6.48 Å². The van der Waals surface area contributed by atoms with Crippen LogP contribution in [0.15, 0.2) is 36.5 Å². The summed E-state index contributed by atoms with van der Waals surface area (Å²) in [5.41, 5.74) is 4.23. The van der Waals surface area contributed by atoms with Crippen LogP contribution < -0.4 is 4.90 Å². The molecule has 2 nitrogen and oxygen atoms in total. The Balaban J connectivity index is 1.58. The van der Waals surface area contributed by atoms with Crippen molar-refractivity contribution in [3.8, 4) is 0 Å². The van der Waals surface area contributed by atoms with Crippen molar-refractivity contribution in [2.24, 2.45) is 11.8 Å². The molecule has 4 aliphatic rings. The van der Waals surface area contributed by atoms with Gasteiger partial charge in [-0.1, -0.05) is 24.8 Å². The number of para-hydroxylation sites is 1. The third-order valence-electron chi connectivity index (χ3n) is 5.91. The highest BCUT2D eigenvalue weighted by Crippen LogP contribution is 2.42. The SMILES string of the molecule is C=C(C1CN(C)c2ccccc21)N1CC2CCC(CC2)C1. The minimum Gasteiger partial charge on any atom is -0.374 e. The Bertz CT molecular complexity index is 528. The second-order valence-electron chi connectivity index (χ2n) is 7.27. The van der Waals surface area contributed by atoms with Crippen LogP contribution in [0.25, 0.3) is 0 Å². The molecule has 2 heteroatoms. The maximum Gasteiger partial charge on any atom is 0.0429 e. The van der Waals surface area contributed by atoms with Gasteiger partial charge in [-0.3, -0.25) is 0 Å². The second-order valence-corrected chi connectivity index (χ2v) is 7.27. The van der Waals surface area contributed by atoms with E-state index in [2.05, 4.69) is 47.7 Å². The summed E-state index contributed by atoms with van der Waals surface area (Å²) in [6.45, 7) is 8.11. The summed E-state index contributed by atoms with van der Waals surface area (Å²) < 4.78 is 0. The molecule has 2 saturated heterocycles. The van der Waals surface area contributed by atoms with E-state index in [-0.39, 0.29) is 0 Å². The third kappa shape index (κ3) is 2.25. The predicted molar refractivity (Wildman–Crippen MR) is 88.6 cm³/mol. The molecular formula is C19H26N2. The van der Waals surface area contributed by atoms with E-state index in [1.54, 1.807) is 0 Å². The molecule has 1 aromatic rings. The first kappa shape index (κ1) is 13.2. The molecule has 3 aliphatic heterocycles. The van der Waals surface area contributed by atoms with Gasteiger partial charge in [0.25, 0.3) is 0 Å². The predicted octanol–water partition coefficient (Wildman–Crippen LogP) is 3.86. The van der Waals surface area contributed by atoms with Gasteiger partial charge in [-0.05, 0) is 49.1 Å². The van der Waals surface area contributed by atoms with Gasteiger partial charge in [-0.25, -0.2) is 0 Å². The standard InChI is InChI=1S/C19H26N2/c1-14(21-11-15-7-8-16(12-21)10-9-15)18-13-20(2)19-6-4-3-5-17(18)19/h3-6,15-16,18H,1,7-13H2,2H3. The van der Waals surface area contributed by atoms with Gasteiger partial charge >= 0.3 is 0 Å². The van der Waals surface area contributed by atoms with Crippen LogP contribution in [0.3, 0.4) is 0 Å². The minimum absolute atomic E-state index is 0.490. The first-order valence-electron chi connectivity index (χ1n) is 8.46. The Morgan fingerprint density at radius 3 is 2.29 bits per heavy atom. The van der Waals surface area contributed by atoms with Gasteiger partial charge in [0.1, 0.15) is 0 Å². The number of rotatable bonds is 2. The first-order valence-corrected chi connectivity index (χ1v) is 8.46. The van der Waals surface area contributed by atoms with Crippen molar-refractivity contribution in [1.29, 1.82) is 0 Å². The highest BCUT2D eigenvalue weighted by molar-refractivity contribution is 5.61. The fourth-order valence-electron chi connectivity index (χ4n) is 4.63. The lowest BCUT2D eigenvalue weighted by molar-refractivity contribution is 0.300. The summed E-state index contributed by atoms with van der Waals surface area (Å²) in [7, 11) is 2.21. The molecule has 2 bridgehead atoms. The fraction of sp³-hybridized carbons (Fsp3) is 0.579. The average Bonchev–Trinajstić information content (AvgIpc) is 2.70. The number of likely N-dealkylation sites (N-methyl/N-ethyl adjacent to an activating group) is 1. The van der Waals surface area contributed by atoms with Gasteiger partial charge in [-0.2, -0.15) is 0 Å². The fourth-order valence-corrected chi connectivity index (χ4v) is 4.63. The van der Waals surface area contributed by atoms with Crippen molar-refractivity contribution in [3.05, 3.63) is 42.1 Å². The van der Waals surface area contributed by atoms with Crippen LogP contribution in [0.1, 0.15) is 37.2 Å². The number of hydrogen-bond acceptors (Lipinski definition) is 2. The lowest BCUT2D eigenvalue weighted by Crippen LogP contribution is -2.31. The van der Waals surface area contributed by atoms with E-state index in [1.165, 1.54) is 55.7 Å². The maximum absolute atomic E-state index is 4.53. The number of nitrogens with zero attached hydrogens (tertiary/aromatic N) is 2. The van der Waals surface area contributed by atoms with E-state index in [1.807, 2.05) is 0 Å². The van der Waals surface area contributed by atoms with Gasteiger partial charge in [0.15, 0.2) is 0 Å². The van der Waals surface area contributed by atoms with Crippen LogP contribution in [0.4, 0.5) is 5.69 Å². The first-order chi connectivity index (χ1) is 10.2.